The lowest BCUT2D eigenvalue weighted by atomic mass is 9.84. The summed E-state index contributed by atoms with van der Waals surface area (Å²) < 4.78 is 5.18. The topological polar surface area (TPSA) is 102 Å². The van der Waals surface area contributed by atoms with Gasteiger partial charge in [-0.15, -0.1) is 0 Å². The fourth-order valence-corrected chi connectivity index (χ4v) is 2.11. The van der Waals surface area contributed by atoms with Gasteiger partial charge in [0.2, 0.25) is 11.8 Å². The lowest BCUT2D eigenvalue weighted by Crippen LogP contribution is -2.53. The van der Waals surface area contributed by atoms with Crippen molar-refractivity contribution in [1.29, 1.82) is 0 Å². The molecule has 3 N–H and O–H groups in total. The van der Waals surface area contributed by atoms with Crippen LogP contribution in [0.5, 0.6) is 0 Å². The first kappa shape index (κ1) is 13.0. The van der Waals surface area contributed by atoms with E-state index in [4.69, 9.17) is 10.5 Å². The fraction of sp³-hybridized carbons (Fsp3) is 0.727. The summed E-state index contributed by atoms with van der Waals surface area (Å²) in [7, 11) is 1.41. The van der Waals surface area contributed by atoms with E-state index in [9.17, 15) is 14.4 Å². The van der Waals surface area contributed by atoms with Crippen molar-refractivity contribution in [2.75, 3.05) is 20.3 Å². The molecule has 0 spiro atoms. The average Bonchev–Trinajstić information content (AvgIpc) is 2.77. The Morgan fingerprint density at radius 3 is 2.67 bits per heavy atom. The molecule has 3 unspecified atom stereocenters. The molecule has 2 saturated heterocycles. The SMILES string of the molecule is CN1C(=O)CC(NC(=O)C2(C)COCC2N)C1=O. The van der Waals surface area contributed by atoms with E-state index in [-0.39, 0.29) is 30.7 Å². The number of ether oxygens (including phenoxy) is 1. The van der Waals surface area contributed by atoms with Crippen LogP contribution < -0.4 is 11.1 Å². The Hall–Kier alpha value is -1.47. The number of carbonyl (C=O) groups is 3. The van der Waals surface area contributed by atoms with Crippen LogP contribution in [0.15, 0.2) is 0 Å². The first-order valence-corrected chi connectivity index (χ1v) is 5.81. The second-order valence-electron chi connectivity index (χ2n) is 5.06. The lowest BCUT2D eigenvalue weighted by Gasteiger charge is -2.26. The minimum Gasteiger partial charge on any atom is -0.379 e. The van der Waals surface area contributed by atoms with Gasteiger partial charge in [-0.2, -0.15) is 0 Å². The number of likely N-dealkylation sites (tertiary alicyclic amines) is 1. The molecule has 2 rings (SSSR count). The van der Waals surface area contributed by atoms with Gasteiger partial charge in [-0.1, -0.05) is 0 Å². The molecule has 3 amide bonds. The van der Waals surface area contributed by atoms with Gasteiger partial charge in [-0.3, -0.25) is 19.3 Å². The number of hydrogen-bond acceptors (Lipinski definition) is 5. The first-order valence-electron chi connectivity index (χ1n) is 5.81. The van der Waals surface area contributed by atoms with Gasteiger partial charge in [0.25, 0.3) is 5.91 Å². The van der Waals surface area contributed by atoms with E-state index in [2.05, 4.69) is 5.32 Å². The maximum absolute atomic E-state index is 12.1. The van der Waals surface area contributed by atoms with Crippen molar-refractivity contribution in [3.8, 4) is 0 Å². The maximum atomic E-state index is 12.1. The number of carbonyl (C=O) groups excluding carboxylic acids is 3. The highest BCUT2D eigenvalue weighted by molar-refractivity contribution is 6.06. The molecule has 0 radical (unpaired) electrons. The monoisotopic (exact) mass is 255 g/mol. The fourth-order valence-electron chi connectivity index (χ4n) is 2.11. The molecule has 0 aromatic rings. The number of amides is 3. The molecule has 0 aliphatic carbocycles. The smallest absolute Gasteiger partial charge is 0.252 e. The number of hydrogen-bond donors (Lipinski definition) is 2. The van der Waals surface area contributed by atoms with E-state index in [1.54, 1.807) is 6.92 Å². The van der Waals surface area contributed by atoms with Crippen molar-refractivity contribution in [3.05, 3.63) is 0 Å². The predicted octanol–water partition coefficient (Wildman–Crippen LogP) is -1.78. The van der Waals surface area contributed by atoms with Crippen molar-refractivity contribution in [3.63, 3.8) is 0 Å². The van der Waals surface area contributed by atoms with Crippen molar-refractivity contribution in [2.45, 2.75) is 25.4 Å². The average molecular weight is 255 g/mol. The van der Waals surface area contributed by atoms with Gasteiger partial charge in [0.1, 0.15) is 6.04 Å². The number of likely N-dealkylation sites (N-methyl/N-ethyl adjacent to an activating group) is 1. The summed E-state index contributed by atoms with van der Waals surface area (Å²) in [5.41, 5.74) is 4.99. The molecule has 3 atom stereocenters. The number of rotatable bonds is 2. The predicted molar refractivity (Wildman–Crippen MR) is 61.2 cm³/mol. The zero-order valence-electron chi connectivity index (χ0n) is 10.4. The molecule has 2 fully saturated rings. The number of nitrogens with one attached hydrogen (secondary N) is 1. The van der Waals surface area contributed by atoms with E-state index in [0.29, 0.717) is 6.61 Å². The molecule has 18 heavy (non-hydrogen) atoms. The van der Waals surface area contributed by atoms with Gasteiger partial charge < -0.3 is 15.8 Å². The zero-order valence-corrected chi connectivity index (χ0v) is 10.4. The van der Waals surface area contributed by atoms with Crippen molar-refractivity contribution in [1.82, 2.24) is 10.2 Å². The van der Waals surface area contributed by atoms with Gasteiger partial charge >= 0.3 is 0 Å². The summed E-state index contributed by atoms with van der Waals surface area (Å²) in [4.78, 5) is 36.2. The van der Waals surface area contributed by atoms with Crippen molar-refractivity contribution < 1.29 is 19.1 Å². The van der Waals surface area contributed by atoms with Crippen LogP contribution >= 0.6 is 0 Å². The van der Waals surface area contributed by atoms with E-state index >= 15 is 0 Å². The molecule has 0 aromatic heterocycles. The Labute approximate surface area is 105 Å². The summed E-state index contributed by atoms with van der Waals surface area (Å²) in [5, 5.41) is 2.59. The Kier molecular flexibility index (Phi) is 3.12. The van der Waals surface area contributed by atoms with Gasteiger partial charge in [-0.05, 0) is 6.92 Å². The molecule has 0 saturated carbocycles. The van der Waals surface area contributed by atoms with Gasteiger partial charge in [0, 0.05) is 13.1 Å². The van der Waals surface area contributed by atoms with Crippen LogP contribution in [-0.4, -0.2) is 55.0 Å². The highest BCUT2D eigenvalue weighted by atomic mass is 16.5. The molecule has 7 heteroatoms. The third-order valence-corrected chi connectivity index (χ3v) is 3.72. The summed E-state index contributed by atoms with van der Waals surface area (Å²) in [6.45, 7) is 2.25. The number of nitrogens with two attached hydrogens (primary N) is 1. The quantitative estimate of drug-likeness (QED) is 0.568. The lowest BCUT2D eigenvalue weighted by molar-refractivity contribution is -0.139. The van der Waals surface area contributed by atoms with E-state index in [0.717, 1.165) is 4.90 Å². The van der Waals surface area contributed by atoms with Crippen LogP contribution in [0.4, 0.5) is 0 Å². The zero-order chi connectivity index (χ0) is 13.5. The van der Waals surface area contributed by atoms with Gasteiger partial charge in [-0.25, -0.2) is 0 Å². The molecule has 2 aliphatic rings. The third-order valence-electron chi connectivity index (χ3n) is 3.72. The molecular weight excluding hydrogens is 238 g/mol. The van der Waals surface area contributed by atoms with E-state index < -0.39 is 17.5 Å². The van der Waals surface area contributed by atoms with Gasteiger partial charge in [0.15, 0.2) is 0 Å². The van der Waals surface area contributed by atoms with Crippen molar-refractivity contribution >= 4 is 17.7 Å². The Balaban J connectivity index is 2.05. The van der Waals surface area contributed by atoms with Crippen LogP contribution in [-0.2, 0) is 19.1 Å². The minimum absolute atomic E-state index is 0.00719. The van der Waals surface area contributed by atoms with E-state index in [1.165, 1.54) is 7.05 Å². The third kappa shape index (κ3) is 1.89. The van der Waals surface area contributed by atoms with Crippen LogP contribution in [0, 0.1) is 5.41 Å². The van der Waals surface area contributed by atoms with Crippen LogP contribution in [0.1, 0.15) is 13.3 Å². The summed E-state index contributed by atoms with van der Waals surface area (Å²) in [5.74, 6) is -1.01. The number of imide groups is 1. The first-order chi connectivity index (χ1) is 8.36. The summed E-state index contributed by atoms with van der Waals surface area (Å²) in [6.07, 6.45) is 0.00719. The minimum atomic E-state index is -0.843. The maximum Gasteiger partial charge on any atom is 0.252 e. The molecule has 2 heterocycles. The Morgan fingerprint density at radius 2 is 2.22 bits per heavy atom. The second kappa shape index (κ2) is 4.33. The largest absolute Gasteiger partial charge is 0.379 e. The molecular formula is C11H17N3O4. The molecule has 0 aromatic carbocycles. The normalized spacial score (nSPS) is 36.3. The summed E-state index contributed by atoms with van der Waals surface area (Å²) >= 11 is 0. The van der Waals surface area contributed by atoms with Crippen LogP contribution in [0.25, 0.3) is 0 Å². The Bertz CT molecular complexity index is 411. The standard InChI is InChI=1S/C11H17N3O4/c1-11(5-18-4-7(11)12)10(17)13-6-3-8(15)14(2)9(6)16/h6-7H,3-5,12H2,1-2H3,(H,13,17). The van der Waals surface area contributed by atoms with Crippen LogP contribution in [0.3, 0.4) is 0 Å². The van der Waals surface area contributed by atoms with E-state index in [1.807, 2.05) is 0 Å². The Morgan fingerprint density at radius 1 is 1.56 bits per heavy atom. The molecule has 2 aliphatic heterocycles. The highest BCUT2D eigenvalue weighted by Gasteiger charge is 2.47. The molecule has 7 nitrogen and oxygen atoms in total. The molecule has 0 bridgehead atoms. The molecule has 100 valence electrons. The van der Waals surface area contributed by atoms with Crippen molar-refractivity contribution in [2.24, 2.45) is 11.1 Å². The second-order valence-corrected chi connectivity index (χ2v) is 5.06. The number of nitrogens with zero attached hydrogens (tertiary/aromatic N) is 1. The highest BCUT2D eigenvalue weighted by Crippen LogP contribution is 2.27. The summed E-state index contributed by atoms with van der Waals surface area (Å²) in [6, 6.07) is -1.18. The van der Waals surface area contributed by atoms with Gasteiger partial charge in [0.05, 0.1) is 25.0 Å². The van der Waals surface area contributed by atoms with Crippen LogP contribution in [0.2, 0.25) is 0 Å².